The third-order valence-electron chi connectivity index (χ3n) is 2.19. The third-order valence-corrected chi connectivity index (χ3v) is 3.29. The van der Waals surface area contributed by atoms with Gasteiger partial charge in [-0.1, -0.05) is 45.2 Å². The van der Waals surface area contributed by atoms with Crippen LogP contribution in [0.5, 0.6) is 0 Å². The zero-order valence-electron chi connectivity index (χ0n) is 9.28. The summed E-state index contributed by atoms with van der Waals surface area (Å²) in [5.41, 5.74) is 0.703. The lowest BCUT2D eigenvalue weighted by Gasteiger charge is -2.22. The molecule has 1 aromatic rings. The van der Waals surface area contributed by atoms with Crippen molar-refractivity contribution in [2.45, 2.75) is 12.7 Å². The summed E-state index contributed by atoms with van der Waals surface area (Å²) in [6.07, 6.45) is -4.21. The van der Waals surface area contributed by atoms with E-state index in [1.54, 1.807) is 18.2 Å². The van der Waals surface area contributed by atoms with Crippen LogP contribution in [0.3, 0.4) is 0 Å². The van der Waals surface area contributed by atoms with Crippen LogP contribution in [-0.4, -0.2) is 29.5 Å². The maximum Gasteiger partial charge on any atom is 0.401 e. The molecule has 0 aliphatic heterocycles. The Hall–Kier alpha value is 0.0300. The Morgan fingerprint density at radius 1 is 1.17 bits per heavy atom. The van der Waals surface area contributed by atoms with Crippen molar-refractivity contribution in [3.05, 3.63) is 33.8 Å². The molecule has 0 heterocycles. The van der Waals surface area contributed by atoms with E-state index in [0.717, 1.165) is 0 Å². The normalized spacial score (nSPS) is 12.2. The summed E-state index contributed by atoms with van der Waals surface area (Å²) in [6, 6.07) is 4.84. The number of hydrogen-bond acceptors (Lipinski definition) is 1. The lowest BCUT2D eigenvalue weighted by molar-refractivity contribution is -0.146. The highest BCUT2D eigenvalue weighted by atomic mass is 79.9. The number of hydrogen-bond donors (Lipinski definition) is 0. The Morgan fingerprint density at radius 3 is 2.33 bits per heavy atom. The van der Waals surface area contributed by atoms with Crippen LogP contribution in [-0.2, 0) is 6.54 Å². The van der Waals surface area contributed by atoms with E-state index in [2.05, 4.69) is 15.9 Å². The van der Waals surface area contributed by atoms with Gasteiger partial charge >= 0.3 is 6.18 Å². The van der Waals surface area contributed by atoms with Crippen molar-refractivity contribution >= 4 is 39.1 Å². The number of halogens is 6. The average Bonchev–Trinajstić information content (AvgIpc) is 2.21. The molecule has 0 spiro atoms. The molecule has 0 atom stereocenters. The molecule has 102 valence electrons. The summed E-state index contributed by atoms with van der Waals surface area (Å²) in [4.78, 5) is 1.30. The minimum atomic E-state index is -4.21. The predicted molar refractivity (Wildman–Crippen MR) is 71.6 cm³/mol. The van der Waals surface area contributed by atoms with Gasteiger partial charge in [-0.2, -0.15) is 13.2 Å². The molecular formula is C11H11BrCl2F3N. The molecule has 18 heavy (non-hydrogen) atoms. The SMILES string of the molecule is FC(F)(F)CN(CCBr)Cc1ccc(Cl)c(Cl)c1. The van der Waals surface area contributed by atoms with Gasteiger partial charge in [-0.15, -0.1) is 0 Å². The second kappa shape index (κ2) is 6.98. The zero-order chi connectivity index (χ0) is 13.8. The minimum Gasteiger partial charge on any atom is -0.290 e. The van der Waals surface area contributed by atoms with E-state index in [4.69, 9.17) is 23.2 Å². The fraction of sp³-hybridized carbons (Fsp3) is 0.455. The molecule has 7 heteroatoms. The van der Waals surface area contributed by atoms with Gasteiger partial charge in [-0.3, -0.25) is 4.90 Å². The van der Waals surface area contributed by atoms with Crippen LogP contribution in [0.15, 0.2) is 18.2 Å². The fourth-order valence-electron chi connectivity index (χ4n) is 1.48. The number of benzene rings is 1. The van der Waals surface area contributed by atoms with Crippen LogP contribution in [0, 0.1) is 0 Å². The van der Waals surface area contributed by atoms with Crippen molar-refractivity contribution in [3.63, 3.8) is 0 Å². The van der Waals surface area contributed by atoms with E-state index in [-0.39, 0.29) is 6.54 Å². The molecular weight excluding hydrogens is 354 g/mol. The smallest absolute Gasteiger partial charge is 0.290 e. The third kappa shape index (κ3) is 5.78. The average molecular weight is 365 g/mol. The van der Waals surface area contributed by atoms with Crippen LogP contribution >= 0.6 is 39.1 Å². The summed E-state index contributed by atoms with van der Waals surface area (Å²) in [5, 5.41) is 1.22. The molecule has 1 rings (SSSR count). The second-order valence-electron chi connectivity index (χ2n) is 3.76. The zero-order valence-corrected chi connectivity index (χ0v) is 12.4. The molecule has 0 N–H and O–H groups in total. The number of alkyl halides is 4. The van der Waals surface area contributed by atoms with Crippen LogP contribution < -0.4 is 0 Å². The van der Waals surface area contributed by atoms with Crippen molar-refractivity contribution in [2.24, 2.45) is 0 Å². The molecule has 1 nitrogen and oxygen atoms in total. The number of nitrogens with zero attached hydrogens (tertiary/aromatic N) is 1. The molecule has 0 unspecified atom stereocenters. The van der Waals surface area contributed by atoms with Gasteiger partial charge in [0, 0.05) is 18.4 Å². The monoisotopic (exact) mass is 363 g/mol. The van der Waals surface area contributed by atoms with Gasteiger partial charge in [-0.25, -0.2) is 0 Å². The summed E-state index contributed by atoms with van der Waals surface area (Å²) < 4.78 is 37.1. The minimum absolute atomic E-state index is 0.183. The van der Waals surface area contributed by atoms with Gasteiger partial charge in [0.05, 0.1) is 16.6 Å². The van der Waals surface area contributed by atoms with Gasteiger partial charge in [-0.05, 0) is 17.7 Å². The van der Waals surface area contributed by atoms with E-state index >= 15 is 0 Å². The van der Waals surface area contributed by atoms with Gasteiger partial charge in [0.2, 0.25) is 0 Å². The summed E-state index contributed by atoms with van der Waals surface area (Å²) in [7, 11) is 0. The van der Waals surface area contributed by atoms with E-state index in [0.29, 0.717) is 27.5 Å². The maximum absolute atomic E-state index is 12.4. The second-order valence-corrected chi connectivity index (χ2v) is 5.37. The molecule has 0 saturated carbocycles. The topological polar surface area (TPSA) is 3.24 Å². The lowest BCUT2D eigenvalue weighted by atomic mass is 10.2. The molecule has 0 fully saturated rings. The Kier molecular flexibility index (Phi) is 6.24. The Morgan fingerprint density at radius 2 is 1.83 bits per heavy atom. The highest BCUT2D eigenvalue weighted by Gasteiger charge is 2.30. The van der Waals surface area contributed by atoms with Crippen LogP contribution in [0.4, 0.5) is 13.2 Å². The Bertz CT molecular complexity index is 398. The fourth-order valence-corrected chi connectivity index (χ4v) is 2.31. The summed E-state index contributed by atoms with van der Waals surface area (Å²) in [5.74, 6) is 0. The van der Waals surface area contributed by atoms with Crippen LogP contribution in [0.25, 0.3) is 0 Å². The molecule has 0 saturated heterocycles. The standard InChI is InChI=1S/C11H11BrCl2F3N/c12-3-4-18(7-11(15,16)17)6-8-1-2-9(13)10(14)5-8/h1-2,5H,3-4,6-7H2. The van der Waals surface area contributed by atoms with E-state index in [9.17, 15) is 13.2 Å². The van der Waals surface area contributed by atoms with Gasteiger partial charge in [0.15, 0.2) is 0 Å². The quantitative estimate of drug-likeness (QED) is 0.681. The predicted octanol–water partition coefficient (Wildman–Crippen LogP) is 4.75. The lowest BCUT2D eigenvalue weighted by Crippen LogP contribution is -2.35. The van der Waals surface area contributed by atoms with Crippen LogP contribution in [0.2, 0.25) is 10.0 Å². The van der Waals surface area contributed by atoms with Gasteiger partial charge in [0.1, 0.15) is 0 Å². The Balaban J connectivity index is 2.73. The van der Waals surface area contributed by atoms with E-state index in [1.807, 2.05) is 0 Å². The summed E-state index contributed by atoms with van der Waals surface area (Å²) in [6.45, 7) is -0.458. The first kappa shape index (κ1) is 16.1. The molecule has 0 radical (unpaired) electrons. The van der Waals surface area contributed by atoms with E-state index < -0.39 is 12.7 Å². The van der Waals surface area contributed by atoms with Crippen molar-refractivity contribution in [1.29, 1.82) is 0 Å². The highest BCUT2D eigenvalue weighted by molar-refractivity contribution is 9.09. The molecule has 0 aromatic heterocycles. The Labute approximate surface area is 122 Å². The van der Waals surface area contributed by atoms with Crippen molar-refractivity contribution in [3.8, 4) is 0 Å². The first-order valence-corrected chi connectivity index (χ1v) is 6.98. The molecule has 0 bridgehead atoms. The van der Waals surface area contributed by atoms with Crippen molar-refractivity contribution < 1.29 is 13.2 Å². The number of rotatable bonds is 5. The maximum atomic E-state index is 12.4. The molecule has 0 aliphatic carbocycles. The first-order valence-electron chi connectivity index (χ1n) is 5.11. The first-order chi connectivity index (χ1) is 8.31. The van der Waals surface area contributed by atoms with Crippen molar-refractivity contribution in [2.75, 3.05) is 18.4 Å². The van der Waals surface area contributed by atoms with Gasteiger partial charge < -0.3 is 0 Å². The van der Waals surface area contributed by atoms with E-state index in [1.165, 1.54) is 4.90 Å². The van der Waals surface area contributed by atoms with Crippen molar-refractivity contribution in [1.82, 2.24) is 4.90 Å². The van der Waals surface area contributed by atoms with Gasteiger partial charge in [0.25, 0.3) is 0 Å². The highest BCUT2D eigenvalue weighted by Crippen LogP contribution is 2.24. The molecule has 0 aliphatic rings. The van der Waals surface area contributed by atoms with Crippen LogP contribution in [0.1, 0.15) is 5.56 Å². The molecule has 1 aromatic carbocycles. The largest absolute Gasteiger partial charge is 0.401 e. The summed E-state index contributed by atoms with van der Waals surface area (Å²) >= 11 is 14.7. The molecule has 0 amide bonds.